The third-order valence-electron chi connectivity index (χ3n) is 4.84. The maximum absolute atomic E-state index is 14.4. The van der Waals surface area contributed by atoms with E-state index < -0.39 is 11.6 Å². The number of unbranched alkanes of at least 4 members (excludes halogenated alkanes) is 3. The molecule has 0 heterocycles. The van der Waals surface area contributed by atoms with E-state index in [1.807, 2.05) is 0 Å². The lowest BCUT2D eigenvalue weighted by molar-refractivity contribution is 0.282. The minimum atomic E-state index is -0.836. The molecule has 0 aromatic heterocycles. The smallest absolute Gasteiger partial charge is 0.200 e. The minimum absolute atomic E-state index is 0.0391. The summed E-state index contributed by atoms with van der Waals surface area (Å²) in [4.78, 5) is 0. The fraction of sp³-hybridized carbons (Fsp3) is 0.684. The molecule has 0 saturated heterocycles. The Bertz CT molecular complexity index is 485. The quantitative estimate of drug-likeness (QED) is 0.389. The highest BCUT2D eigenvalue weighted by atomic mass is 35.5. The predicted molar refractivity (Wildman–Crippen MR) is 91.4 cm³/mol. The van der Waals surface area contributed by atoms with E-state index in [4.69, 9.17) is 16.3 Å². The van der Waals surface area contributed by atoms with Gasteiger partial charge in [-0.3, -0.25) is 0 Å². The van der Waals surface area contributed by atoms with Crippen molar-refractivity contribution in [3.05, 3.63) is 29.3 Å². The van der Waals surface area contributed by atoms with Gasteiger partial charge in [0.25, 0.3) is 0 Å². The first-order valence-electron chi connectivity index (χ1n) is 8.84. The minimum Gasteiger partial charge on any atom is -0.490 e. The summed E-state index contributed by atoms with van der Waals surface area (Å²) in [5.41, 5.74) is 0.494. The number of rotatable bonds is 8. The summed E-state index contributed by atoms with van der Waals surface area (Å²) in [5, 5.41) is 0. The Morgan fingerprint density at radius 1 is 1.04 bits per heavy atom. The van der Waals surface area contributed by atoms with Gasteiger partial charge in [-0.15, -0.1) is 11.6 Å². The van der Waals surface area contributed by atoms with Gasteiger partial charge in [0.1, 0.15) is 0 Å². The van der Waals surface area contributed by atoms with Crippen LogP contribution in [0.25, 0.3) is 0 Å². The lowest BCUT2D eigenvalue weighted by Gasteiger charge is -2.28. The number of benzene rings is 1. The lowest BCUT2D eigenvalue weighted by Crippen LogP contribution is -2.16. The van der Waals surface area contributed by atoms with E-state index in [0.29, 0.717) is 24.0 Å². The molecule has 4 heteroatoms. The molecule has 0 amide bonds. The van der Waals surface area contributed by atoms with Gasteiger partial charge in [0, 0.05) is 5.88 Å². The van der Waals surface area contributed by atoms with Crippen molar-refractivity contribution in [3.8, 4) is 5.75 Å². The molecule has 1 fully saturated rings. The van der Waals surface area contributed by atoms with E-state index in [1.54, 1.807) is 12.1 Å². The second-order valence-electron chi connectivity index (χ2n) is 6.56. The number of ether oxygens (including phenoxy) is 1. The van der Waals surface area contributed by atoms with Gasteiger partial charge in [0.2, 0.25) is 5.82 Å². The first kappa shape index (κ1) is 18.5. The molecule has 1 nitrogen and oxygen atoms in total. The largest absolute Gasteiger partial charge is 0.490 e. The van der Waals surface area contributed by atoms with Crippen molar-refractivity contribution in [3.63, 3.8) is 0 Å². The molecular formula is C19H27ClF2O. The number of hydrogen-bond acceptors (Lipinski definition) is 1. The predicted octanol–water partition coefficient (Wildman–Crippen LogP) is 6.44. The SMILES string of the molecule is CCCCCCOc1ccc(C2CCC(CCl)CC2)c(F)c1F. The molecule has 23 heavy (non-hydrogen) atoms. The maximum atomic E-state index is 14.4. The highest BCUT2D eigenvalue weighted by molar-refractivity contribution is 6.18. The molecule has 1 aliphatic rings. The summed E-state index contributed by atoms with van der Waals surface area (Å²) in [6.07, 6.45) is 7.96. The first-order chi connectivity index (χ1) is 11.2. The zero-order valence-electron chi connectivity index (χ0n) is 13.9. The summed E-state index contributed by atoms with van der Waals surface area (Å²) in [6.45, 7) is 2.58. The average molecular weight is 345 g/mol. The molecule has 0 bridgehead atoms. The van der Waals surface area contributed by atoms with Gasteiger partial charge in [0.15, 0.2) is 11.6 Å². The molecule has 0 atom stereocenters. The molecule has 0 radical (unpaired) electrons. The molecular weight excluding hydrogens is 318 g/mol. The van der Waals surface area contributed by atoms with Crippen LogP contribution in [-0.4, -0.2) is 12.5 Å². The number of hydrogen-bond donors (Lipinski definition) is 0. The van der Waals surface area contributed by atoms with Crippen LogP contribution in [0.15, 0.2) is 12.1 Å². The molecule has 2 rings (SSSR count). The first-order valence-corrected chi connectivity index (χ1v) is 9.37. The van der Waals surface area contributed by atoms with Crippen molar-refractivity contribution in [1.82, 2.24) is 0 Å². The fourth-order valence-corrected chi connectivity index (χ4v) is 3.62. The van der Waals surface area contributed by atoms with Crippen LogP contribution in [-0.2, 0) is 0 Å². The average Bonchev–Trinajstić information content (AvgIpc) is 2.58. The second-order valence-corrected chi connectivity index (χ2v) is 6.87. The topological polar surface area (TPSA) is 9.23 Å². The van der Waals surface area contributed by atoms with E-state index in [2.05, 4.69) is 6.92 Å². The maximum Gasteiger partial charge on any atom is 0.200 e. The molecule has 1 aliphatic carbocycles. The van der Waals surface area contributed by atoms with Crippen molar-refractivity contribution >= 4 is 11.6 Å². The Balaban J connectivity index is 1.94. The third kappa shape index (κ3) is 5.07. The van der Waals surface area contributed by atoms with Crippen LogP contribution in [0.2, 0.25) is 0 Å². The monoisotopic (exact) mass is 344 g/mol. The summed E-state index contributed by atoms with van der Waals surface area (Å²) in [5.74, 6) is -0.247. The van der Waals surface area contributed by atoms with Crippen LogP contribution in [0.4, 0.5) is 8.78 Å². The standard InChI is InChI=1S/C19H27ClF2O/c1-2-3-4-5-12-23-17-11-10-16(18(21)19(17)22)15-8-6-14(13-20)7-9-15/h10-11,14-15H,2-9,12-13H2,1H3. The van der Waals surface area contributed by atoms with Crippen LogP contribution in [0.3, 0.4) is 0 Å². The van der Waals surface area contributed by atoms with Crippen LogP contribution in [0.1, 0.15) is 69.8 Å². The summed E-state index contributed by atoms with van der Waals surface area (Å²) < 4.78 is 34.0. The Hall–Kier alpha value is -0.830. The molecule has 1 saturated carbocycles. The van der Waals surface area contributed by atoms with E-state index in [0.717, 1.165) is 51.4 Å². The van der Waals surface area contributed by atoms with Crippen molar-refractivity contribution < 1.29 is 13.5 Å². The van der Waals surface area contributed by atoms with Crippen molar-refractivity contribution in [2.45, 2.75) is 64.2 Å². The molecule has 0 spiro atoms. The third-order valence-corrected chi connectivity index (χ3v) is 5.27. The summed E-state index contributed by atoms with van der Waals surface area (Å²) in [7, 11) is 0. The second kappa shape index (κ2) is 9.46. The Kier molecular flexibility index (Phi) is 7.61. The molecule has 130 valence electrons. The molecule has 1 aromatic carbocycles. The van der Waals surface area contributed by atoms with Crippen molar-refractivity contribution in [1.29, 1.82) is 0 Å². The van der Waals surface area contributed by atoms with Crippen LogP contribution < -0.4 is 4.74 Å². The van der Waals surface area contributed by atoms with Gasteiger partial charge in [-0.2, -0.15) is 4.39 Å². The zero-order chi connectivity index (χ0) is 16.7. The van der Waals surface area contributed by atoms with Gasteiger partial charge in [-0.1, -0.05) is 32.3 Å². The van der Waals surface area contributed by atoms with Gasteiger partial charge in [0.05, 0.1) is 6.61 Å². The van der Waals surface area contributed by atoms with E-state index in [1.165, 1.54) is 0 Å². The molecule has 0 aliphatic heterocycles. The summed E-state index contributed by atoms with van der Waals surface area (Å²) >= 11 is 5.88. The van der Waals surface area contributed by atoms with Crippen molar-refractivity contribution in [2.75, 3.05) is 12.5 Å². The van der Waals surface area contributed by atoms with Gasteiger partial charge in [-0.05, 0) is 55.6 Å². The van der Waals surface area contributed by atoms with Gasteiger partial charge in [-0.25, -0.2) is 4.39 Å². The van der Waals surface area contributed by atoms with Crippen LogP contribution in [0, 0.1) is 17.6 Å². The van der Waals surface area contributed by atoms with Crippen LogP contribution in [0.5, 0.6) is 5.75 Å². The normalized spacial score (nSPS) is 21.4. The lowest BCUT2D eigenvalue weighted by atomic mass is 9.79. The van der Waals surface area contributed by atoms with Crippen molar-refractivity contribution in [2.24, 2.45) is 5.92 Å². The Morgan fingerprint density at radius 3 is 2.43 bits per heavy atom. The fourth-order valence-electron chi connectivity index (χ4n) is 3.31. The Labute approximate surface area is 143 Å². The van der Waals surface area contributed by atoms with E-state index in [-0.39, 0.29) is 11.7 Å². The van der Waals surface area contributed by atoms with E-state index in [9.17, 15) is 8.78 Å². The Morgan fingerprint density at radius 2 is 1.78 bits per heavy atom. The molecule has 1 aromatic rings. The van der Waals surface area contributed by atoms with Gasteiger partial charge < -0.3 is 4.74 Å². The number of halogens is 3. The molecule has 0 unspecified atom stereocenters. The summed E-state index contributed by atoms with van der Waals surface area (Å²) in [6, 6.07) is 3.28. The molecule has 0 N–H and O–H groups in total. The van der Waals surface area contributed by atoms with E-state index >= 15 is 0 Å². The highest BCUT2D eigenvalue weighted by Crippen LogP contribution is 2.38. The van der Waals surface area contributed by atoms with Crippen LogP contribution >= 0.6 is 11.6 Å². The number of alkyl halides is 1. The zero-order valence-corrected chi connectivity index (χ0v) is 14.7. The van der Waals surface area contributed by atoms with Gasteiger partial charge >= 0.3 is 0 Å². The highest BCUT2D eigenvalue weighted by Gasteiger charge is 2.26.